The van der Waals surface area contributed by atoms with Crippen LogP contribution >= 0.6 is 0 Å². The van der Waals surface area contributed by atoms with Crippen LogP contribution in [0.1, 0.15) is 30.5 Å². The number of carbonyl (C=O) groups is 1. The number of anilines is 1. The summed E-state index contributed by atoms with van der Waals surface area (Å²) in [5.41, 5.74) is -1.08. The number of hydrogen-bond donors (Lipinski definition) is 1. The van der Waals surface area contributed by atoms with Gasteiger partial charge in [0.15, 0.2) is 0 Å². The number of amides is 1. The Morgan fingerprint density at radius 3 is 2.35 bits per heavy atom. The summed E-state index contributed by atoms with van der Waals surface area (Å²) in [6, 6.07) is 2.65. The number of fused-ring (bicyclic) bond motifs is 1. The molecule has 0 saturated carbocycles. The molecule has 1 aromatic carbocycles. The van der Waals surface area contributed by atoms with E-state index in [1.54, 1.807) is 13.0 Å². The average Bonchev–Trinajstić information content (AvgIpc) is 2.35. The normalized spacial score (nSPS) is 17.9. The Morgan fingerprint density at radius 2 is 1.82 bits per heavy atom. The van der Waals surface area contributed by atoms with Gasteiger partial charge < -0.3 is 5.32 Å². The highest BCUT2D eigenvalue weighted by Gasteiger charge is 2.46. The van der Waals surface area contributed by atoms with E-state index in [4.69, 9.17) is 0 Å². The predicted molar refractivity (Wildman–Crippen MR) is 57.8 cm³/mol. The van der Waals surface area contributed by atoms with Crippen LogP contribution in [0.3, 0.4) is 0 Å². The third-order valence-corrected chi connectivity index (χ3v) is 3.03. The first kappa shape index (κ1) is 12.0. The monoisotopic (exact) mass is 243 g/mol. The van der Waals surface area contributed by atoms with Crippen LogP contribution in [0.5, 0.6) is 0 Å². The molecule has 1 aliphatic heterocycles. The van der Waals surface area contributed by atoms with Crippen molar-refractivity contribution in [2.24, 2.45) is 0 Å². The molecule has 0 spiro atoms. The summed E-state index contributed by atoms with van der Waals surface area (Å²) in [5.74, 6) is -0.399. The highest BCUT2D eigenvalue weighted by molar-refractivity contribution is 6.06. The van der Waals surface area contributed by atoms with Gasteiger partial charge in [-0.1, -0.05) is 0 Å². The number of carbonyl (C=O) groups excluding carboxylic acids is 1. The first-order chi connectivity index (χ1) is 7.64. The van der Waals surface area contributed by atoms with E-state index in [0.29, 0.717) is 5.56 Å². The third kappa shape index (κ3) is 1.69. The van der Waals surface area contributed by atoms with Crippen molar-refractivity contribution in [3.63, 3.8) is 0 Å². The van der Waals surface area contributed by atoms with Gasteiger partial charge >= 0.3 is 6.18 Å². The Morgan fingerprint density at radius 1 is 1.24 bits per heavy atom. The van der Waals surface area contributed by atoms with Gasteiger partial charge in [0.1, 0.15) is 0 Å². The van der Waals surface area contributed by atoms with Crippen molar-refractivity contribution in [2.45, 2.75) is 32.4 Å². The van der Waals surface area contributed by atoms with E-state index in [1.165, 1.54) is 13.8 Å². The van der Waals surface area contributed by atoms with Crippen LogP contribution in [-0.2, 0) is 16.4 Å². The summed E-state index contributed by atoms with van der Waals surface area (Å²) >= 11 is 0. The van der Waals surface area contributed by atoms with Crippen molar-refractivity contribution >= 4 is 11.6 Å². The molecule has 0 fully saturated rings. The first-order valence-electron chi connectivity index (χ1n) is 5.18. The number of halogens is 3. The van der Waals surface area contributed by atoms with Crippen molar-refractivity contribution in [2.75, 3.05) is 5.32 Å². The van der Waals surface area contributed by atoms with Crippen LogP contribution in [0, 0.1) is 6.92 Å². The number of rotatable bonds is 0. The molecule has 1 aromatic rings. The molecule has 0 aromatic heterocycles. The molecular formula is C12H12F3NO. The highest BCUT2D eigenvalue weighted by Crippen LogP contribution is 2.45. The molecule has 0 bridgehead atoms. The van der Waals surface area contributed by atoms with E-state index in [1.807, 2.05) is 0 Å². The molecule has 0 saturated heterocycles. The zero-order chi connectivity index (χ0) is 13.0. The third-order valence-electron chi connectivity index (χ3n) is 3.03. The molecule has 0 atom stereocenters. The minimum absolute atomic E-state index is 0.0422. The quantitative estimate of drug-likeness (QED) is 0.744. The molecule has 0 unspecified atom stereocenters. The topological polar surface area (TPSA) is 29.1 Å². The second-order valence-corrected chi connectivity index (χ2v) is 4.81. The van der Waals surface area contributed by atoms with Gasteiger partial charge in [0.2, 0.25) is 5.91 Å². The minimum atomic E-state index is -4.44. The molecule has 1 aliphatic rings. The van der Waals surface area contributed by atoms with E-state index >= 15 is 0 Å². The van der Waals surface area contributed by atoms with Crippen molar-refractivity contribution in [3.8, 4) is 0 Å². The molecule has 17 heavy (non-hydrogen) atoms. The zero-order valence-corrected chi connectivity index (χ0v) is 9.70. The fraction of sp³-hybridized carbons (Fsp3) is 0.417. The molecule has 1 N–H and O–H groups in total. The largest absolute Gasteiger partial charge is 0.416 e. The van der Waals surface area contributed by atoms with Crippen LogP contribution < -0.4 is 5.32 Å². The Labute approximate surface area is 96.8 Å². The van der Waals surface area contributed by atoms with E-state index in [9.17, 15) is 18.0 Å². The fourth-order valence-electron chi connectivity index (χ4n) is 2.17. The summed E-state index contributed by atoms with van der Waals surface area (Å²) in [4.78, 5) is 11.7. The van der Waals surface area contributed by atoms with Crippen LogP contribution in [0.15, 0.2) is 12.1 Å². The molecule has 1 amide bonds. The molecule has 1 heterocycles. The molecule has 0 radical (unpaired) electrons. The van der Waals surface area contributed by atoms with E-state index in [0.717, 1.165) is 6.07 Å². The second kappa shape index (κ2) is 3.24. The molecular weight excluding hydrogens is 231 g/mol. The maximum Gasteiger partial charge on any atom is 0.416 e. The van der Waals surface area contributed by atoms with Crippen molar-refractivity contribution in [1.29, 1.82) is 0 Å². The van der Waals surface area contributed by atoms with E-state index in [-0.39, 0.29) is 11.3 Å². The Kier molecular flexibility index (Phi) is 2.28. The number of alkyl halides is 3. The summed E-state index contributed by atoms with van der Waals surface area (Å²) in [5, 5.41) is 2.50. The maximum absolute atomic E-state index is 13.0. The maximum atomic E-state index is 13.0. The number of nitrogens with one attached hydrogen (secondary N) is 1. The van der Waals surface area contributed by atoms with Gasteiger partial charge in [-0.3, -0.25) is 4.79 Å². The van der Waals surface area contributed by atoms with Gasteiger partial charge in [-0.15, -0.1) is 0 Å². The molecule has 2 nitrogen and oxygen atoms in total. The highest BCUT2D eigenvalue weighted by atomic mass is 19.4. The Hall–Kier alpha value is -1.52. The van der Waals surface area contributed by atoms with Gasteiger partial charge in [-0.05, 0) is 38.5 Å². The summed E-state index contributed by atoms with van der Waals surface area (Å²) in [6.07, 6.45) is -4.44. The SMILES string of the molecule is Cc1cc2c(c(C(F)(F)F)c1)C(C)(C)C(=O)N2. The summed E-state index contributed by atoms with van der Waals surface area (Å²) < 4.78 is 38.9. The van der Waals surface area contributed by atoms with E-state index in [2.05, 4.69) is 5.32 Å². The minimum Gasteiger partial charge on any atom is -0.325 e. The lowest BCUT2D eigenvalue weighted by molar-refractivity contribution is -0.138. The standard InChI is InChI=1S/C12H12F3NO/c1-6-4-7(12(13,14)15)9-8(5-6)16-10(17)11(9,2)3/h4-5H,1-3H3,(H,16,17). The fourth-order valence-corrected chi connectivity index (χ4v) is 2.17. The van der Waals surface area contributed by atoms with Gasteiger partial charge in [0, 0.05) is 11.3 Å². The molecule has 2 rings (SSSR count). The predicted octanol–water partition coefficient (Wildman–Crippen LogP) is 3.24. The first-order valence-corrected chi connectivity index (χ1v) is 5.18. The number of aryl methyl sites for hydroxylation is 1. The van der Waals surface area contributed by atoms with Gasteiger partial charge in [0.05, 0.1) is 11.0 Å². The van der Waals surface area contributed by atoms with Crippen LogP contribution in [-0.4, -0.2) is 5.91 Å². The lowest BCUT2D eigenvalue weighted by atomic mass is 9.82. The Balaban J connectivity index is 2.77. The van der Waals surface area contributed by atoms with Gasteiger partial charge in [0.25, 0.3) is 0 Å². The number of benzene rings is 1. The second-order valence-electron chi connectivity index (χ2n) is 4.81. The Bertz CT molecular complexity index is 503. The zero-order valence-electron chi connectivity index (χ0n) is 9.70. The van der Waals surface area contributed by atoms with Crippen molar-refractivity contribution in [3.05, 3.63) is 28.8 Å². The summed E-state index contributed by atoms with van der Waals surface area (Å²) in [7, 11) is 0. The molecule has 92 valence electrons. The average molecular weight is 243 g/mol. The smallest absolute Gasteiger partial charge is 0.325 e. The lowest BCUT2D eigenvalue weighted by Gasteiger charge is -2.21. The van der Waals surface area contributed by atoms with Crippen LogP contribution in [0.25, 0.3) is 0 Å². The van der Waals surface area contributed by atoms with Crippen molar-refractivity contribution in [1.82, 2.24) is 0 Å². The van der Waals surface area contributed by atoms with Gasteiger partial charge in [-0.25, -0.2) is 0 Å². The molecule has 0 aliphatic carbocycles. The van der Waals surface area contributed by atoms with Crippen LogP contribution in [0.2, 0.25) is 0 Å². The van der Waals surface area contributed by atoms with Crippen LogP contribution in [0.4, 0.5) is 18.9 Å². The molecule has 5 heteroatoms. The van der Waals surface area contributed by atoms with E-state index < -0.39 is 23.1 Å². The lowest BCUT2D eigenvalue weighted by Crippen LogP contribution is -2.29. The number of hydrogen-bond acceptors (Lipinski definition) is 1. The van der Waals surface area contributed by atoms with Crippen molar-refractivity contribution < 1.29 is 18.0 Å². The van der Waals surface area contributed by atoms with Gasteiger partial charge in [-0.2, -0.15) is 13.2 Å². The summed E-state index contributed by atoms with van der Waals surface area (Å²) in [6.45, 7) is 4.57.